The second-order valence-electron chi connectivity index (χ2n) is 4.64. The van der Waals surface area contributed by atoms with Gasteiger partial charge in [0, 0.05) is 56.2 Å². The fourth-order valence-electron chi connectivity index (χ4n) is 1.82. The molecule has 135 valence electrons. The molecule has 0 bridgehead atoms. The molecule has 0 aromatic carbocycles. The Morgan fingerprint density at radius 1 is 0.864 bits per heavy atom. The van der Waals surface area contributed by atoms with Crippen molar-refractivity contribution in [3.63, 3.8) is 0 Å². The summed E-state index contributed by atoms with van der Waals surface area (Å²) in [5.74, 6) is -0.683. The van der Waals surface area contributed by atoms with Crippen LogP contribution < -0.4 is 0 Å². The summed E-state index contributed by atoms with van der Waals surface area (Å²) < 4.78 is 0. The third-order valence-electron chi connectivity index (χ3n) is 2.88. The van der Waals surface area contributed by atoms with E-state index >= 15 is 0 Å². The van der Waals surface area contributed by atoms with Crippen molar-refractivity contribution in [2.75, 3.05) is 0 Å². The van der Waals surface area contributed by atoms with Crippen LogP contribution in [0.4, 0.5) is 0 Å². The van der Waals surface area contributed by atoms with Gasteiger partial charge in [-0.15, -0.1) is 0 Å². The van der Waals surface area contributed by atoms with E-state index in [2.05, 4.69) is 23.1 Å². The Morgan fingerprint density at radius 2 is 1.32 bits per heavy atom. The van der Waals surface area contributed by atoms with Crippen LogP contribution in [0.25, 0.3) is 6.15 Å². The van der Waals surface area contributed by atoms with Crippen molar-refractivity contribution >= 4 is 16.2 Å². The number of carboxylic acid groups (broad SMARTS) is 1. The van der Waals surface area contributed by atoms with Crippen molar-refractivity contribution in [1.29, 1.82) is 0 Å². The van der Waals surface area contributed by atoms with Crippen LogP contribution in [-0.4, -0.2) is 21.3 Å². The van der Waals surface area contributed by atoms with Gasteiger partial charge in [0.15, 0.2) is 0 Å². The predicted octanol–water partition coefficient (Wildman–Crippen LogP) is 5.26. The maximum Gasteiger partial charge on any atom is 0.303 e. The Morgan fingerprint density at radius 3 is 1.77 bits per heavy atom. The first-order valence-corrected chi connectivity index (χ1v) is 7.69. The van der Waals surface area contributed by atoms with Gasteiger partial charge in [-0.05, 0) is 0 Å². The van der Waals surface area contributed by atoms with Crippen LogP contribution in [0, 0.1) is 26.3 Å². The van der Waals surface area contributed by atoms with Crippen LogP contribution in [0.5, 0.6) is 0 Å². The number of carbonyl (C=O) groups is 1. The molecule has 0 aliphatic carbocycles. The number of hydrogen-bond acceptors (Lipinski definition) is 1. The topological polar surface area (TPSA) is 70.8 Å². The summed E-state index contributed by atoms with van der Waals surface area (Å²) in [7, 11) is 3.35. The molecule has 0 saturated carbocycles. The van der Waals surface area contributed by atoms with Gasteiger partial charge in [0.05, 0.1) is 0 Å². The van der Waals surface area contributed by atoms with Crippen molar-refractivity contribution in [3.8, 4) is 0 Å². The van der Waals surface area contributed by atoms with Gasteiger partial charge < -0.3 is 37.6 Å². The molecule has 0 aromatic heterocycles. The smallest absolute Gasteiger partial charge is 0.303 e. The molecule has 0 unspecified atom stereocenters. The Labute approximate surface area is 177 Å². The molecule has 3 N–H and O–H groups in total. The Bertz CT molecular complexity index is 201. The first-order chi connectivity index (χ1) is 8.77. The van der Waals surface area contributed by atoms with Crippen molar-refractivity contribution in [2.24, 2.45) is 0 Å². The molecule has 0 aliphatic rings. The van der Waals surface area contributed by atoms with Gasteiger partial charge in [0.2, 0.25) is 0 Å². The minimum Gasteiger partial charge on any atom is -0.693 e. The normalized spacial score (nSPS) is 8.77. The maximum atomic E-state index is 10.3. The Hall–Kier alpha value is 1.27. The molecule has 0 fully saturated rings. The molecule has 0 spiro atoms. The van der Waals surface area contributed by atoms with E-state index in [1.807, 2.05) is 6.04 Å². The van der Waals surface area contributed by atoms with E-state index in [1.54, 1.807) is 0 Å². The fourth-order valence-corrected chi connectivity index (χ4v) is 1.99. The Kier molecular flexibility index (Phi) is 47.4. The molecule has 0 aromatic rings. The molecule has 5 radical (unpaired) electrons. The first-order valence-electron chi connectivity index (χ1n) is 7.11. The molecule has 22 heavy (non-hydrogen) atoms. The quantitative estimate of drug-likeness (QED) is 0.223. The van der Waals surface area contributed by atoms with Crippen LogP contribution in [0.1, 0.15) is 70.6 Å². The molecule has 0 rings (SSSR count). The van der Waals surface area contributed by atoms with E-state index in [-0.39, 0.29) is 63.4 Å². The van der Waals surface area contributed by atoms with E-state index < -0.39 is 5.97 Å². The summed E-state index contributed by atoms with van der Waals surface area (Å²) in [4.78, 5) is 10.3. The van der Waals surface area contributed by atoms with Gasteiger partial charge in [-0.2, -0.15) is 19.3 Å². The molecule has 6 heteroatoms. The van der Waals surface area contributed by atoms with Crippen LogP contribution in [0.2, 0.25) is 0 Å². The molecule has 0 saturated heterocycles. The van der Waals surface area contributed by atoms with Crippen molar-refractivity contribution in [1.82, 2.24) is 0 Å². The molecular weight excluding hydrogens is 419 g/mol. The summed E-state index contributed by atoms with van der Waals surface area (Å²) in [5.41, 5.74) is 0. The number of hydrogen-bond donors (Lipinski definition) is 1. The number of aliphatic carboxylic acids is 1. The summed E-state index contributed by atoms with van der Waals surface area (Å²) >= 11 is 0. The van der Waals surface area contributed by atoms with Gasteiger partial charge in [-0.25, -0.2) is 23.1 Å². The second kappa shape index (κ2) is 30.2. The van der Waals surface area contributed by atoms with Gasteiger partial charge in [0.1, 0.15) is 0 Å². The van der Waals surface area contributed by atoms with Crippen LogP contribution in [0.15, 0.2) is 0 Å². The fraction of sp³-hybridized carbons (Fsp3) is 0.688. The van der Waals surface area contributed by atoms with E-state index in [1.165, 1.54) is 38.5 Å². The average Bonchev–Trinajstić information content (AvgIpc) is 2.34. The third-order valence-corrected chi connectivity index (χ3v) is 3.17. The molecule has 3 nitrogen and oxygen atoms in total. The summed E-state index contributed by atoms with van der Waals surface area (Å²) in [6, 6.07) is 2.02. The number of rotatable bonds is 14. The SMILES string of the molecule is O=C(O)CCC[CH-]CCCCCC[CH-]CC[CH-][Si].[CH3-].[Cu].[NH2-].[Y]. The van der Waals surface area contributed by atoms with Crippen molar-refractivity contribution in [2.45, 2.75) is 70.6 Å². The third kappa shape index (κ3) is 33.0. The molecule has 0 amide bonds. The zero-order chi connectivity index (χ0) is 13.5. The van der Waals surface area contributed by atoms with Gasteiger partial charge in [0.25, 0.3) is 0 Å². The zero-order valence-corrected chi connectivity index (χ0v) is 18.6. The van der Waals surface area contributed by atoms with Crippen LogP contribution in [-0.2, 0) is 54.6 Å². The number of unbranched alkanes of at least 4 members (excludes halogenated alkanes) is 11. The molecular formula is C16H31CuNO2SiY-5. The number of nitrogens with two attached hydrogens (primary N) is 1. The van der Waals surface area contributed by atoms with E-state index in [0.29, 0.717) is 6.42 Å². The van der Waals surface area contributed by atoms with Crippen molar-refractivity contribution < 1.29 is 59.7 Å². The van der Waals surface area contributed by atoms with Gasteiger partial charge >= 0.3 is 5.97 Å². The first kappa shape index (κ1) is 34.6. The summed E-state index contributed by atoms with van der Waals surface area (Å²) in [6.07, 6.45) is 16.5. The largest absolute Gasteiger partial charge is 0.693 e. The van der Waals surface area contributed by atoms with Crippen LogP contribution >= 0.6 is 0 Å². The standard InChI is InChI=1S/C15H26O2Si.CH3.Cu.H2N.Y/c16-15(17)13-11-9-7-5-3-1-2-4-6-8-10-12-14-18;;;;/h7-8,14H,1-6,9-13H2,(H,16,17);1H3;;1H2;/q-3;-1;;-1;. The van der Waals surface area contributed by atoms with Gasteiger partial charge in [-0.3, -0.25) is 4.79 Å². The maximum absolute atomic E-state index is 10.3. The zero-order valence-electron chi connectivity index (χ0n) is 13.8. The monoisotopic (exact) mass is 449 g/mol. The van der Waals surface area contributed by atoms with E-state index in [9.17, 15) is 4.79 Å². The average molecular weight is 450 g/mol. The number of carboxylic acids is 1. The molecule has 0 aliphatic heterocycles. The minimum absolute atomic E-state index is 0. The predicted molar refractivity (Wildman–Crippen MR) is 88.8 cm³/mol. The van der Waals surface area contributed by atoms with Crippen LogP contribution in [0.3, 0.4) is 0 Å². The Balaban J connectivity index is -0.000000241. The van der Waals surface area contributed by atoms with Gasteiger partial charge in [-0.1, -0.05) is 32.1 Å². The summed E-state index contributed by atoms with van der Waals surface area (Å²) in [5, 5.41) is 8.47. The van der Waals surface area contributed by atoms with E-state index in [0.717, 1.165) is 25.7 Å². The summed E-state index contributed by atoms with van der Waals surface area (Å²) in [6.45, 7) is 0. The molecule has 0 atom stereocenters. The molecule has 0 heterocycles. The minimum atomic E-state index is -0.683. The second-order valence-corrected chi connectivity index (χ2v) is 5.04. The van der Waals surface area contributed by atoms with E-state index in [4.69, 9.17) is 5.11 Å². The van der Waals surface area contributed by atoms with Crippen molar-refractivity contribution in [3.05, 3.63) is 32.5 Å².